The molecule has 0 unspecified atom stereocenters. The van der Waals surface area contributed by atoms with Gasteiger partial charge in [0.05, 0.1) is 11.6 Å². The van der Waals surface area contributed by atoms with Gasteiger partial charge in [0, 0.05) is 11.6 Å². The third-order valence-corrected chi connectivity index (χ3v) is 1.87. The Morgan fingerprint density at radius 1 is 1.50 bits per heavy atom. The summed E-state index contributed by atoms with van der Waals surface area (Å²) >= 11 is 5.62. The molecule has 88 valence electrons. The Hall–Kier alpha value is -1.29. The molecule has 1 heterocycles. The normalized spacial score (nSPS) is 11.0. The lowest BCUT2D eigenvalue weighted by Crippen LogP contribution is -2.42. The van der Waals surface area contributed by atoms with E-state index in [0.29, 0.717) is 5.69 Å². The van der Waals surface area contributed by atoms with Crippen LogP contribution in [0.4, 0.5) is 4.79 Å². The zero-order chi connectivity index (χ0) is 12.2. The summed E-state index contributed by atoms with van der Waals surface area (Å²) in [5.41, 5.74) is 0.337. The van der Waals surface area contributed by atoms with Gasteiger partial charge < -0.3 is 10.1 Å². The first-order valence-electron chi connectivity index (χ1n) is 4.92. The number of pyridine rings is 1. The largest absolute Gasteiger partial charge is 0.414 e. The highest BCUT2D eigenvalue weighted by atomic mass is 35.5. The van der Waals surface area contributed by atoms with E-state index in [2.05, 4.69) is 10.3 Å². The molecular formula is C11H15ClN2O2. The number of halogens is 1. The zero-order valence-electron chi connectivity index (χ0n) is 9.58. The van der Waals surface area contributed by atoms with Crippen LogP contribution in [0.5, 0.6) is 5.88 Å². The molecule has 0 aliphatic carbocycles. The molecule has 0 fully saturated rings. The lowest BCUT2D eigenvalue weighted by Gasteiger charge is -2.19. The molecule has 0 bridgehead atoms. The van der Waals surface area contributed by atoms with Gasteiger partial charge in [0.15, 0.2) is 0 Å². The average molecular weight is 243 g/mol. The molecule has 5 heteroatoms. The minimum Gasteiger partial charge on any atom is -0.391 e. The second-order valence-corrected chi connectivity index (χ2v) is 4.63. The topological polar surface area (TPSA) is 51.2 Å². The molecule has 0 aliphatic rings. The van der Waals surface area contributed by atoms with E-state index in [1.807, 2.05) is 20.8 Å². The summed E-state index contributed by atoms with van der Waals surface area (Å²) in [5, 5.41) is 2.67. The highest BCUT2D eigenvalue weighted by Crippen LogP contribution is 2.10. The molecule has 16 heavy (non-hydrogen) atoms. The molecule has 0 atom stereocenters. The van der Waals surface area contributed by atoms with E-state index in [0.717, 1.165) is 0 Å². The van der Waals surface area contributed by atoms with E-state index < -0.39 is 6.09 Å². The van der Waals surface area contributed by atoms with Gasteiger partial charge in [-0.25, -0.2) is 9.78 Å². The number of carbonyl (C=O) groups is 1. The molecule has 1 aromatic rings. The number of alkyl halides is 1. The van der Waals surface area contributed by atoms with Crippen molar-refractivity contribution < 1.29 is 9.53 Å². The summed E-state index contributed by atoms with van der Waals surface area (Å²) in [4.78, 5) is 15.5. The number of ether oxygens (including phenoxy) is 1. The average Bonchev–Trinajstić information content (AvgIpc) is 2.15. The van der Waals surface area contributed by atoms with Crippen molar-refractivity contribution in [2.75, 3.05) is 0 Å². The molecule has 1 N–H and O–H groups in total. The number of nitrogens with one attached hydrogen (secondary N) is 1. The number of aromatic nitrogens is 1. The second kappa shape index (κ2) is 5.16. The van der Waals surface area contributed by atoms with Crippen LogP contribution in [0.2, 0.25) is 0 Å². The van der Waals surface area contributed by atoms with Crippen molar-refractivity contribution in [3.8, 4) is 5.88 Å². The van der Waals surface area contributed by atoms with Gasteiger partial charge >= 0.3 is 6.09 Å². The molecule has 1 amide bonds. The molecule has 0 radical (unpaired) electrons. The number of amides is 1. The van der Waals surface area contributed by atoms with Crippen LogP contribution in [0.1, 0.15) is 26.5 Å². The van der Waals surface area contributed by atoms with Crippen molar-refractivity contribution in [1.29, 1.82) is 0 Å². The highest BCUT2D eigenvalue weighted by molar-refractivity contribution is 6.16. The van der Waals surface area contributed by atoms with Crippen molar-refractivity contribution in [2.45, 2.75) is 32.2 Å². The van der Waals surface area contributed by atoms with Crippen molar-refractivity contribution in [3.05, 3.63) is 23.9 Å². The Balaban J connectivity index is 2.62. The van der Waals surface area contributed by atoms with Crippen molar-refractivity contribution >= 4 is 17.7 Å². The molecule has 0 aliphatic heterocycles. The van der Waals surface area contributed by atoms with Gasteiger partial charge in [-0.05, 0) is 26.8 Å². The third-order valence-electron chi connectivity index (χ3n) is 1.59. The van der Waals surface area contributed by atoms with Gasteiger partial charge in [0.1, 0.15) is 0 Å². The Morgan fingerprint density at radius 3 is 2.75 bits per heavy atom. The zero-order valence-corrected chi connectivity index (χ0v) is 10.3. The van der Waals surface area contributed by atoms with Gasteiger partial charge in [-0.2, -0.15) is 0 Å². The number of nitrogens with zero attached hydrogens (tertiary/aromatic N) is 1. The Morgan fingerprint density at radius 2 is 2.19 bits per heavy atom. The number of hydrogen-bond acceptors (Lipinski definition) is 3. The standard InChI is InChI=1S/C11H15ClN2O2/c1-11(2,3)14-10(15)16-9-6-4-5-8(7-12)13-9/h4-6H,7H2,1-3H3,(H,14,15). The van der Waals surface area contributed by atoms with Gasteiger partial charge in [-0.3, -0.25) is 0 Å². The van der Waals surface area contributed by atoms with Gasteiger partial charge in [0.2, 0.25) is 5.88 Å². The monoisotopic (exact) mass is 242 g/mol. The van der Waals surface area contributed by atoms with Crippen LogP contribution < -0.4 is 10.1 Å². The lowest BCUT2D eigenvalue weighted by atomic mass is 10.1. The van der Waals surface area contributed by atoms with E-state index in [9.17, 15) is 4.79 Å². The minimum atomic E-state index is -0.522. The molecule has 1 aromatic heterocycles. The van der Waals surface area contributed by atoms with Crippen molar-refractivity contribution in [2.24, 2.45) is 0 Å². The molecule has 4 nitrogen and oxygen atoms in total. The molecule has 1 rings (SSSR count). The maximum atomic E-state index is 11.4. The fourth-order valence-corrected chi connectivity index (χ4v) is 1.16. The van der Waals surface area contributed by atoms with E-state index in [-0.39, 0.29) is 17.3 Å². The summed E-state index contributed by atoms with van der Waals surface area (Å²) in [6, 6.07) is 5.12. The molecule has 0 spiro atoms. The number of rotatable bonds is 2. The SMILES string of the molecule is CC(C)(C)NC(=O)Oc1cccc(CCl)n1. The van der Waals surface area contributed by atoms with Crippen molar-refractivity contribution in [3.63, 3.8) is 0 Å². The summed E-state index contributed by atoms with van der Waals surface area (Å²) in [6.45, 7) is 5.62. The Kier molecular flexibility index (Phi) is 4.12. The van der Waals surface area contributed by atoms with E-state index in [1.165, 1.54) is 0 Å². The maximum absolute atomic E-state index is 11.4. The molecule has 0 saturated heterocycles. The van der Waals surface area contributed by atoms with Crippen LogP contribution in [-0.4, -0.2) is 16.6 Å². The van der Waals surface area contributed by atoms with E-state index in [4.69, 9.17) is 16.3 Å². The Bertz CT molecular complexity index is 374. The first kappa shape index (κ1) is 12.8. The van der Waals surface area contributed by atoms with Crippen molar-refractivity contribution in [1.82, 2.24) is 10.3 Å². The molecular weight excluding hydrogens is 228 g/mol. The number of carbonyl (C=O) groups excluding carboxylic acids is 1. The Labute approximate surface area is 100.0 Å². The van der Waals surface area contributed by atoms with Gasteiger partial charge in [-0.1, -0.05) is 6.07 Å². The van der Waals surface area contributed by atoms with Crippen LogP contribution in [0, 0.1) is 0 Å². The van der Waals surface area contributed by atoms with Crippen LogP contribution >= 0.6 is 11.6 Å². The minimum absolute atomic E-state index is 0.250. The van der Waals surface area contributed by atoms with Crippen LogP contribution in [0.15, 0.2) is 18.2 Å². The molecule has 0 saturated carbocycles. The predicted octanol–water partition coefficient (Wildman–Crippen LogP) is 2.71. The fourth-order valence-electron chi connectivity index (χ4n) is 1.02. The quantitative estimate of drug-likeness (QED) is 0.812. The van der Waals surface area contributed by atoms with E-state index in [1.54, 1.807) is 18.2 Å². The number of hydrogen-bond donors (Lipinski definition) is 1. The maximum Gasteiger partial charge on any atom is 0.414 e. The van der Waals surface area contributed by atoms with Gasteiger partial charge in [-0.15, -0.1) is 11.6 Å². The third kappa shape index (κ3) is 4.49. The predicted molar refractivity (Wildman–Crippen MR) is 62.7 cm³/mol. The first-order chi connectivity index (χ1) is 7.40. The van der Waals surface area contributed by atoms with Crippen LogP contribution in [0.25, 0.3) is 0 Å². The van der Waals surface area contributed by atoms with Gasteiger partial charge in [0.25, 0.3) is 0 Å². The van der Waals surface area contributed by atoms with E-state index >= 15 is 0 Å². The first-order valence-corrected chi connectivity index (χ1v) is 5.46. The summed E-state index contributed by atoms with van der Waals surface area (Å²) < 4.78 is 5.01. The summed E-state index contributed by atoms with van der Waals surface area (Å²) in [7, 11) is 0. The lowest BCUT2D eigenvalue weighted by molar-refractivity contribution is 0.188. The summed E-state index contributed by atoms with van der Waals surface area (Å²) in [5.74, 6) is 0.540. The molecule has 0 aromatic carbocycles. The summed E-state index contributed by atoms with van der Waals surface area (Å²) in [6.07, 6.45) is -0.522. The fraction of sp³-hybridized carbons (Fsp3) is 0.455. The van der Waals surface area contributed by atoms with Crippen LogP contribution in [-0.2, 0) is 5.88 Å². The second-order valence-electron chi connectivity index (χ2n) is 4.37. The smallest absolute Gasteiger partial charge is 0.391 e. The van der Waals surface area contributed by atoms with Crippen LogP contribution in [0.3, 0.4) is 0 Å². The highest BCUT2D eigenvalue weighted by Gasteiger charge is 2.15.